The molecule has 0 aliphatic carbocycles. The number of aromatic nitrogens is 2. The van der Waals surface area contributed by atoms with Gasteiger partial charge in [-0.05, 0) is 18.2 Å². The van der Waals surface area contributed by atoms with E-state index in [0.29, 0.717) is 0 Å². The smallest absolute Gasteiger partial charge is 0.170 e. The Labute approximate surface area is 110 Å². The first-order valence-corrected chi connectivity index (χ1v) is 6.06. The second kappa shape index (κ2) is 3.88. The molecule has 1 aliphatic rings. The third-order valence-corrected chi connectivity index (χ3v) is 3.22. The molecule has 3 heterocycles. The van der Waals surface area contributed by atoms with Gasteiger partial charge in [0.05, 0.1) is 17.9 Å². The molecular formula is C15H11N3O. The molecule has 0 N–H and O–H groups in total. The van der Waals surface area contributed by atoms with Crippen molar-refractivity contribution in [2.45, 2.75) is 0 Å². The van der Waals surface area contributed by atoms with Gasteiger partial charge in [0.25, 0.3) is 0 Å². The summed E-state index contributed by atoms with van der Waals surface area (Å²) in [5.41, 5.74) is 2.12. The van der Waals surface area contributed by atoms with Crippen molar-refractivity contribution >= 4 is 16.6 Å². The minimum atomic E-state index is 0.753. The number of anilines is 1. The molecule has 4 nitrogen and oxygen atoms in total. The Hall–Kier alpha value is -2.75. The third-order valence-electron chi connectivity index (χ3n) is 3.22. The molecule has 3 aromatic rings. The summed E-state index contributed by atoms with van der Waals surface area (Å²) in [7, 11) is 0. The largest absolute Gasteiger partial charge is 0.459 e. The minimum Gasteiger partial charge on any atom is -0.459 e. The van der Waals surface area contributed by atoms with Crippen molar-refractivity contribution in [1.29, 1.82) is 0 Å². The van der Waals surface area contributed by atoms with Gasteiger partial charge in [0.1, 0.15) is 11.9 Å². The average Bonchev–Trinajstić information content (AvgIpc) is 2.90. The molecule has 0 bridgehead atoms. The van der Waals surface area contributed by atoms with E-state index in [4.69, 9.17) is 4.74 Å². The molecule has 92 valence electrons. The van der Waals surface area contributed by atoms with Crippen molar-refractivity contribution in [1.82, 2.24) is 9.66 Å². The second-order valence-electron chi connectivity index (χ2n) is 4.31. The highest BCUT2D eigenvalue weighted by Gasteiger charge is 2.16. The Kier molecular flexibility index (Phi) is 2.08. The first-order chi connectivity index (χ1) is 9.43. The van der Waals surface area contributed by atoms with Crippen LogP contribution in [0.1, 0.15) is 0 Å². The van der Waals surface area contributed by atoms with Crippen molar-refractivity contribution in [2.24, 2.45) is 0 Å². The Balaban J connectivity index is 1.93. The summed E-state index contributed by atoms with van der Waals surface area (Å²) in [6.07, 6.45) is 9.09. The average molecular weight is 249 g/mol. The van der Waals surface area contributed by atoms with Crippen LogP contribution in [0.2, 0.25) is 0 Å². The Morgan fingerprint density at radius 2 is 2.00 bits per heavy atom. The van der Waals surface area contributed by atoms with Gasteiger partial charge in [-0.2, -0.15) is 0 Å². The predicted molar refractivity (Wildman–Crippen MR) is 73.8 cm³/mol. The van der Waals surface area contributed by atoms with E-state index in [-0.39, 0.29) is 0 Å². The van der Waals surface area contributed by atoms with Crippen LogP contribution in [-0.4, -0.2) is 9.66 Å². The normalized spacial score (nSPS) is 13.4. The summed E-state index contributed by atoms with van der Waals surface area (Å²) < 4.78 is 7.56. The van der Waals surface area contributed by atoms with Crippen LogP contribution in [0.3, 0.4) is 0 Å². The number of rotatable bonds is 1. The lowest BCUT2D eigenvalue weighted by atomic mass is 10.2. The van der Waals surface area contributed by atoms with Gasteiger partial charge in [0, 0.05) is 17.8 Å². The first kappa shape index (κ1) is 10.2. The number of pyridine rings is 1. The van der Waals surface area contributed by atoms with Crippen molar-refractivity contribution in [2.75, 3.05) is 5.01 Å². The SMILES string of the molecule is C1=CN(n2ccc3ccccc32)c2ccncc2O1. The lowest BCUT2D eigenvalue weighted by molar-refractivity contribution is 0.463. The monoisotopic (exact) mass is 249 g/mol. The van der Waals surface area contributed by atoms with E-state index in [1.54, 1.807) is 18.7 Å². The number of nitrogens with zero attached hydrogens (tertiary/aromatic N) is 3. The molecule has 0 radical (unpaired) electrons. The molecule has 2 aromatic heterocycles. The van der Waals surface area contributed by atoms with Crippen LogP contribution in [0.4, 0.5) is 5.69 Å². The van der Waals surface area contributed by atoms with Crippen LogP contribution in [0.25, 0.3) is 10.9 Å². The third kappa shape index (κ3) is 1.50. The maximum Gasteiger partial charge on any atom is 0.170 e. The fourth-order valence-electron chi connectivity index (χ4n) is 2.34. The molecule has 0 saturated carbocycles. The Morgan fingerprint density at radius 1 is 1.05 bits per heavy atom. The maximum atomic E-state index is 5.47. The molecule has 0 amide bonds. The fraction of sp³-hybridized carbons (Fsp3) is 0. The highest BCUT2D eigenvalue weighted by Crippen LogP contribution is 2.32. The summed E-state index contributed by atoms with van der Waals surface area (Å²) in [4.78, 5) is 4.08. The first-order valence-electron chi connectivity index (χ1n) is 6.06. The van der Waals surface area contributed by atoms with Crippen molar-refractivity contribution < 1.29 is 4.74 Å². The highest BCUT2D eigenvalue weighted by molar-refractivity contribution is 5.81. The van der Waals surface area contributed by atoms with Gasteiger partial charge in [0.2, 0.25) is 0 Å². The molecule has 0 saturated heterocycles. The van der Waals surface area contributed by atoms with E-state index < -0.39 is 0 Å². The molecule has 1 aliphatic heterocycles. The predicted octanol–water partition coefficient (Wildman–Crippen LogP) is 3.17. The van der Waals surface area contributed by atoms with Crippen LogP contribution >= 0.6 is 0 Å². The van der Waals surface area contributed by atoms with Gasteiger partial charge < -0.3 is 4.74 Å². The molecular weight excluding hydrogens is 238 g/mol. The van der Waals surface area contributed by atoms with E-state index in [2.05, 4.69) is 27.9 Å². The topological polar surface area (TPSA) is 30.3 Å². The zero-order chi connectivity index (χ0) is 12.7. The molecule has 4 heteroatoms. The van der Waals surface area contributed by atoms with Gasteiger partial charge >= 0.3 is 0 Å². The molecule has 0 unspecified atom stereocenters. The molecule has 0 atom stereocenters. The molecule has 0 spiro atoms. The summed E-state index contributed by atoms with van der Waals surface area (Å²) >= 11 is 0. The zero-order valence-corrected chi connectivity index (χ0v) is 10.1. The van der Waals surface area contributed by atoms with Crippen LogP contribution in [0.15, 0.2) is 67.5 Å². The van der Waals surface area contributed by atoms with Gasteiger partial charge in [0.15, 0.2) is 5.75 Å². The van der Waals surface area contributed by atoms with E-state index in [0.717, 1.165) is 17.0 Å². The summed E-state index contributed by atoms with van der Waals surface area (Å²) in [5, 5.41) is 3.25. The lowest BCUT2D eigenvalue weighted by Gasteiger charge is -2.27. The number of para-hydroxylation sites is 1. The lowest BCUT2D eigenvalue weighted by Crippen LogP contribution is -2.25. The molecule has 0 fully saturated rings. The van der Waals surface area contributed by atoms with Gasteiger partial charge in [-0.15, -0.1) is 0 Å². The molecule has 1 aromatic carbocycles. The highest BCUT2D eigenvalue weighted by atomic mass is 16.5. The van der Waals surface area contributed by atoms with Crippen LogP contribution in [0.5, 0.6) is 5.75 Å². The van der Waals surface area contributed by atoms with Crippen LogP contribution < -0.4 is 9.75 Å². The van der Waals surface area contributed by atoms with Crippen LogP contribution in [-0.2, 0) is 0 Å². The van der Waals surface area contributed by atoms with Crippen molar-refractivity contribution in [3.63, 3.8) is 0 Å². The molecule has 4 rings (SSSR count). The Bertz CT molecular complexity index is 776. The van der Waals surface area contributed by atoms with Crippen molar-refractivity contribution in [3.05, 3.63) is 67.5 Å². The van der Waals surface area contributed by atoms with Gasteiger partial charge in [-0.1, -0.05) is 18.2 Å². The second-order valence-corrected chi connectivity index (χ2v) is 4.31. The standard InChI is InChI=1S/C15H11N3O/c1-2-4-13-12(3-1)6-8-17(13)18-9-10-19-15-11-16-7-5-14(15)18/h1-11H. The molecule has 19 heavy (non-hydrogen) atoms. The van der Waals surface area contributed by atoms with E-state index in [1.807, 2.05) is 35.6 Å². The maximum absolute atomic E-state index is 5.47. The Morgan fingerprint density at radius 3 is 3.00 bits per heavy atom. The number of ether oxygens (including phenoxy) is 1. The number of benzene rings is 1. The van der Waals surface area contributed by atoms with Gasteiger partial charge in [-0.25, -0.2) is 5.01 Å². The summed E-state index contributed by atoms with van der Waals surface area (Å²) in [6.45, 7) is 0. The van der Waals surface area contributed by atoms with Crippen molar-refractivity contribution in [3.8, 4) is 5.75 Å². The number of hydrogen-bond donors (Lipinski definition) is 0. The van der Waals surface area contributed by atoms with E-state index in [1.165, 1.54) is 5.39 Å². The van der Waals surface area contributed by atoms with E-state index in [9.17, 15) is 0 Å². The zero-order valence-electron chi connectivity index (χ0n) is 10.1. The summed E-state index contributed by atoms with van der Waals surface area (Å²) in [5.74, 6) is 0.753. The van der Waals surface area contributed by atoms with Crippen LogP contribution in [0, 0.1) is 0 Å². The quantitative estimate of drug-likeness (QED) is 0.663. The summed E-state index contributed by atoms with van der Waals surface area (Å²) in [6, 6.07) is 12.3. The van der Waals surface area contributed by atoms with E-state index >= 15 is 0 Å². The minimum absolute atomic E-state index is 0.753. The number of hydrogen-bond acceptors (Lipinski definition) is 3. The number of fused-ring (bicyclic) bond motifs is 2. The van der Waals surface area contributed by atoms with Gasteiger partial charge in [-0.3, -0.25) is 9.66 Å². The fourth-order valence-corrected chi connectivity index (χ4v) is 2.34.